The predicted molar refractivity (Wildman–Crippen MR) is 145 cm³/mol. The van der Waals surface area contributed by atoms with Crippen LogP contribution in [0.2, 0.25) is 0 Å². The van der Waals surface area contributed by atoms with Gasteiger partial charge in [0.25, 0.3) is 22.8 Å². The molecule has 1 atom stereocenters. The molecule has 198 valence electrons. The number of nitro benzene ring substituents is 2. The number of amides is 1. The van der Waals surface area contributed by atoms with Gasteiger partial charge in [0.15, 0.2) is 0 Å². The summed E-state index contributed by atoms with van der Waals surface area (Å²) in [6.45, 7) is 4.33. The van der Waals surface area contributed by atoms with E-state index >= 15 is 0 Å². The monoisotopic (exact) mass is 546 g/mol. The first-order valence-corrected chi connectivity index (χ1v) is 12.6. The molecule has 1 aliphatic rings. The van der Waals surface area contributed by atoms with Gasteiger partial charge in [-0.3, -0.25) is 34.4 Å². The van der Waals surface area contributed by atoms with E-state index in [-0.39, 0.29) is 37.5 Å². The van der Waals surface area contributed by atoms with E-state index in [9.17, 15) is 35.1 Å². The highest BCUT2D eigenvalue weighted by Crippen LogP contribution is 2.37. The topological polar surface area (TPSA) is 178 Å². The Morgan fingerprint density at radius 2 is 1.62 bits per heavy atom. The van der Waals surface area contributed by atoms with Crippen LogP contribution < -0.4 is 20.5 Å². The molecule has 0 fully saturated rings. The average Bonchev–Trinajstić information content (AvgIpc) is 3.25. The van der Waals surface area contributed by atoms with Gasteiger partial charge in [0.1, 0.15) is 10.5 Å². The second-order valence-electron chi connectivity index (χ2n) is 8.49. The first kappa shape index (κ1) is 27.0. The summed E-state index contributed by atoms with van der Waals surface area (Å²) >= 11 is 1.01. The number of nitrogens with zero attached hydrogens (tertiary/aromatic N) is 5. The Balaban J connectivity index is 2.05. The number of nitriles is 1. The van der Waals surface area contributed by atoms with Crippen molar-refractivity contribution in [3.63, 3.8) is 0 Å². The molecule has 0 bridgehead atoms. The first-order valence-electron chi connectivity index (χ1n) is 11.8. The molecule has 4 rings (SSSR count). The van der Waals surface area contributed by atoms with Crippen LogP contribution in [0.5, 0.6) is 0 Å². The van der Waals surface area contributed by atoms with Crippen LogP contribution in [0, 0.1) is 31.6 Å². The second-order valence-corrected chi connectivity index (χ2v) is 9.52. The molecule has 1 amide bonds. The van der Waals surface area contributed by atoms with E-state index < -0.39 is 27.2 Å². The van der Waals surface area contributed by atoms with E-state index in [4.69, 9.17) is 5.73 Å². The quantitative estimate of drug-likeness (QED) is 0.345. The molecule has 1 aliphatic heterocycles. The van der Waals surface area contributed by atoms with Gasteiger partial charge in [0.05, 0.1) is 37.5 Å². The minimum atomic E-state index is -0.964. The number of carbonyl (C=O) groups excluding carboxylic acids is 1. The summed E-state index contributed by atoms with van der Waals surface area (Å²) in [6.07, 6.45) is 1.53. The molecule has 1 aromatic heterocycles. The van der Waals surface area contributed by atoms with Gasteiger partial charge in [0, 0.05) is 37.4 Å². The van der Waals surface area contributed by atoms with Crippen molar-refractivity contribution in [2.24, 2.45) is 5.73 Å². The van der Waals surface area contributed by atoms with Crippen molar-refractivity contribution < 1.29 is 14.6 Å². The van der Waals surface area contributed by atoms with Crippen LogP contribution in [-0.4, -0.2) is 38.3 Å². The lowest BCUT2D eigenvalue weighted by Gasteiger charge is -2.28. The Bertz CT molecular complexity index is 1740. The average molecular weight is 547 g/mol. The maximum absolute atomic E-state index is 13.9. The summed E-state index contributed by atoms with van der Waals surface area (Å²) in [6, 6.07) is 13.1. The van der Waals surface area contributed by atoms with Crippen LogP contribution in [-0.2, 0) is 4.79 Å². The molecule has 3 aromatic rings. The standard InChI is InChI=1S/C26H22N6O6S/c1-3-29(4-2)25(34)22-21(16-7-11-18(12-8-16)32(37)38)19(14-27)23(28)30-24(33)20(39-26(22)30)13-15-5-9-17(10-6-15)31(35)36/h5-13,21H,3-4,28H2,1-2H3/b20-13+. The number of nitrogens with two attached hydrogens (primary N) is 1. The second kappa shape index (κ2) is 10.7. The third-order valence-electron chi connectivity index (χ3n) is 6.39. The van der Waals surface area contributed by atoms with Crippen molar-refractivity contribution in [3.05, 3.63) is 105 Å². The van der Waals surface area contributed by atoms with Crippen LogP contribution in [0.25, 0.3) is 17.5 Å². The number of rotatable bonds is 7. The van der Waals surface area contributed by atoms with E-state index in [1.165, 1.54) is 54.6 Å². The number of benzene rings is 2. The van der Waals surface area contributed by atoms with Crippen LogP contribution in [0.15, 0.2) is 58.9 Å². The molecule has 12 nitrogen and oxygen atoms in total. The summed E-state index contributed by atoms with van der Waals surface area (Å²) in [4.78, 5) is 50.0. The van der Waals surface area contributed by atoms with Gasteiger partial charge >= 0.3 is 0 Å². The van der Waals surface area contributed by atoms with Gasteiger partial charge in [0.2, 0.25) is 0 Å². The lowest BCUT2D eigenvalue weighted by Crippen LogP contribution is -2.43. The van der Waals surface area contributed by atoms with E-state index in [0.717, 1.165) is 15.9 Å². The van der Waals surface area contributed by atoms with Crippen molar-refractivity contribution >= 4 is 46.1 Å². The Kier molecular flexibility index (Phi) is 7.41. The van der Waals surface area contributed by atoms with Gasteiger partial charge in [-0.05, 0) is 43.2 Å². The van der Waals surface area contributed by atoms with E-state index in [2.05, 4.69) is 0 Å². The summed E-state index contributed by atoms with van der Waals surface area (Å²) in [5.74, 6) is -1.51. The van der Waals surface area contributed by atoms with Crippen molar-refractivity contribution in [1.82, 2.24) is 9.47 Å². The number of carbonyl (C=O) groups is 1. The highest BCUT2D eigenvalue weighted by molar-refractivity contribution is 7.07. The van der Waals surface area contributed by atoms with E-state index in [1.807, 2.05) is 6.07 Å². The first-order chi connectivity index (χ1) is 18.6. The smallest absolute Gasteiger partial charge is 0.274 e. The minimum absolute atomic E-state index is 0.0337. The van der Waals surface area contributed by atoms with Gasteiger partial charge in [-0.1, -0.05) is 12.1 Å². The highest BCUT2D eigenvalue weighted by atomic mass is 32.1. The molecule has 0 spiro atoms. The van der Waals surface area contributed by atoms with E-state index in [0.29, 0.717) is 24.2 Å². The highest BCUT2D eigenvalue weighted by Gasteiger charge is 2.37. The molecule has 0 radical (unpaired) electrons. The van der Waals surface area contributed by atoms with Crippen molar-refractivity contribution in [3.8, 4) is 6.07 Å². The third kappa shape index (κ3) is 4.80. The normalized spacial score (nSPS) is 15.1. The van der Waals surface area contributed by atoms with Gasteiger partial charge in [-0.15, -0.1) is 11.3 Å². The Morgan fingerprint density at radius 3 is 2.10 bits per heavy atom. The van der Waals surface area contributed by atoms with E-state index in [1.54, 1.807) is 18.7 Å². The van der Waals surface area contributed by atoms with Crippen LogP contribution in [0.1, 0.15) is 30.9 Å². The number of thiazole rings is 1. The number of allylic oxidation sites excluding steroid dienone is 1. The minimum Gasteiger partial charge on any atom is -0.384 e. The SMILES string of the molecule is CCN(CC)C(=O)C1=c2s/c(=C/c3ccc([N+](=O)[O-])cc3)c(=O)n2C(N)=C(C#N)C1c1ccc([N+](=O)[O-])cc1. The van der Waals surface area contributed by atoms with Crippen molar-refractivity contribution in [2.45, 2.75) is 19.8 Å². The molecule has 2 heterocycles. The Morgan fingerprint density at radius 1 is 1.08 bits per heavy atom. The van der Waals surface area contributed by atoms with Gasteiger partial charge in [-0.2, -0.15) is 5.26 Å². The Hall–Kier alpha value is -5.09. The fourth-order valence-corrected chi connectivity index (χ4v) is 5.57. The number of nitro groups is 2. The zero-order valence-electron chi connectivity index (χ0n) is 20.9. The third-order valence-corrected chi connectivity index (χ3v) is 7.50. The zero-order valence-corrected chi connectivity index (χ0v) is 21.7. The summed E-state index contributed by atoms with van der Waals surface area (Å²) in [5.41, 5.74) is 6.62. The van der Waals surface area contributed by atoms with Gasteiger partial charge < -0.3 is 10.6 Å². The fourth-order valence-electron chi connectivity index (χ4n) is 4.40. The maximum Gasteiger partial charge on any atom is 0.274 e. The lowest BCUT2D eigenvalue weighted by molar-refractivity contribution is -0.385. The van der Waals surface area contributed by atoms with Crippen LogP contribution in [0.4, 0.5) is 11.4 Å². The number of hydrogen-bond acceptors (Lipinski definition) is 9. The molecule has 2 N–H and O–H groups in total. The molecule has 0 aliphatic carbocycles. The zero-order chi connectivity index (χ0) is 28.4. The molecule has 0 saturated carbocycles. The molecule has 13 heteroatoms. The number of fused-ring (bicyclic) bond motifs is 1. The summed E-state index contributed by atoms with van der Waals surface area (Å²) in [7, 11) is 0. The van der Waals surface area contributed by atoms with Crippen LogP contribution >= 0.6 is 11.3 Å². The Labute approximate surface area is 225 Å². The van der Waals surface area contributed by atoms with Crippen molar-refractivity contribution in [1.29, 1.82) is 5.26 Å². The maximum atomic E-state index is 13.9. The molecule has 2 aromatic carbocycles. The lowest BCUT2D eigenvalue weighted by atomic mass is 9.83. The van der Waals surface area contributed by atoms with Crippen LogP contribution in [0.3, 0.4) is 0 Å². The molecular weight excluding hydrogens is 524 g/mol. The summed E-state index contributed by atoms with van der Waals surface area (Å²) < 4.78 is 1.58. The molecule has 0 saturated heterocycles. The van der Waals surface area contributed by atoms with Gasteiger partial charge in [-0.25, -0.2) is 0 Å². The number of aromatic nitrogens is 1. The summed E-state index contributed by atoms with van der Waals surface area (Å²) in [5, 5.41) is 32.3. The van der Waals surface area contributed by atoms with Crippen molar-refractivity contribution in [2.75, 3.05) is 13.1 Å². The molecule has 39 heavy (non-hydrogen) atoms. The molecule has 1 unspecified atom stereocenters. The number of non-ortho nitro benzene ring substituents is 2. The fraction of sp³-hybridized carbons (Fsp3) is 0.192. The predicted octanol–water partition coefficient (Wildman–Crippen LogP) is 2.02. The largest absolute Gasteiger partial charge is 0.384 e. The number of hydrogen-bond donors (Lipinski definition) is 1. The molecular formula is C26H22N6O6S.